The minimum atomic E-state index is -3.84. The highest BCUT2D eigenvalue weighted by Gasteiger charge is 2.18. The van der Waals surface area contributed by atoms with Crippen LogP contribution in [0.2, 0.25) is 0 Å². The van der Waals surface area contributed by atoms with Crippen molar-refractivity contribution in [2.24, 2.45) is 0 Å². The Balaban J connectivity index is 1.48. The van der Waals surface area contributed by atoms with Crippen molar-refractivity contribution >= 4 is 43.0 Å². The highest BCUT2D eigenvalue weighted by Crippen LogP contribution is 2.24. The number of carbonyl (C=O) groups excluding carboxylic acids is 1. The molecule has 8 nitrogen and oxygen atoms in total. The number of hydrogen-bond donors (Lipinski definition) is 3. The molecule has 4 aromatic carbocycles. The van der Waals surface area contributed by atoms with Crippen LogP contribution in [-0.2, 0) is 20.0 Å². The number of carbonyl (C=O) groups is 1. The topological polar surface area (TPSA) is 121 Å². The van der Waals surface area contributed by atoms with Crippen LogP contribution in [0.15, 0.2) is 94.7 Å². The minimum absolute atomic E-state index is 0.0450. The summed E-state index contributed by atoms with van der Waals surface area (Å²) in [6.07, 6.45) is 0. The molecule has 0 aromatic heterocycles. The largest absolute Gasteiger partial charge is 0.322 e. The zero-order chi connectivity index (χ0) is 28.4. The molecule has 202 valence electrons. The van der Waals surface area contributed by atoms with Crippen LogP contribution in [0.3, 0.4) is 0 Å². The summed E-state index contributed by atoms with van der Waals surface area (Å²) in [5.74, 6) is -0.477. The van der Waals surface area contributed by atoms with Crippen LogP contribution < -0.4 is 14.8 Å². The van der Waals surface area contributed by atoms with Crippen LogP contribution >= 0.6 is 0 Å². The maximum Gasteiger partial charge on any atom is 0.261 e. The molecular weight excluding hydrogens is 534 g/mol. The van der Waals surface area contributed by atoms with Gasteiger partial charge in [-0.15, -0.1) is 0 Å². The van der Waals surface area contributed by atoms with E-state index in [0.717, 1.165) is 16.7 Å². The van der Waals surface area contributed by atoms with Crippen molar-refractivity contribution in [1.29, 1.82) is 0 Å². The quantitative estimate of drug-likeness (QED) is 0.251. The highest BCUT2D eigenvalue weighted by atomic mass is 32.2. The fraction of sp³-hybridized carbons (Fsp3) is 0.138. The van der Waals surface area contributed by atoms with E-state index in [2.05, 4.69) is 14.8 Å². The van der Waals surface area contributed by atoms with E-state index in [1.807, 2.05) is 32.9 Å². The Morgan fingerprint density at radius 1 is 0.564 bits per heavy atom. The van der Waals surface area contributed by atoms with E-state index in [1.165, 1.54) is 42.5 Å². The number of aryl methyl sites for hydroxylation is 4. The lowest BCUT2D eigenvalue weighted by molar-refractivity contribution is 0.102. The van der Waals surface area contributed by atoms with E-state index in [9.17, 15) is 21.6 Å². The number of anilines is 3. The van der Waals surface area contributed by atoms with E-state index < -0.39 is 26.0 Å². The van der Waals surface area contributed by atoms with Gasteiger partial charge in [0, 0.05) is 11.3 Å². The first-order chi connectivity index (χ1) is 18.3. The van der Waals surface area contributed by atoms with Gasteiger partial charge in [0.2, 0.25) is 0 Å². The third-order valence-corrected chi connectivity index (χ3v) is 8.89. The molecule has 0 bridgehead atoms. The Morgan fingerprint density at radius 2 is 1.10 bits per heavy atom. The third-order valence-electron chi connectivity index (χ3n) is 6.12. The molecule has 0 saturated heterocycles. The standard InChI is InChI=1S/C29H29N3O5S2/c1-19-5-12-25(13-6-19)39(36,37)32-28-18-23(9-8-21(28)3)29(33)30-24-10-14-26(15-11-24)38(34,35)31-27-16-7-20(2)17-22(27)4/h5-18,31-32H,1-4H3,(H,30,33). The summed E-state index contributed by atoms with van der Waals surface area (Å²) in [7, 11) is -7.67. The van der Waals surface area contributed by atoms with Gasteiger partial charge in [-0.3, -0.25) is 14.2 Å². The van der Waals surface area contributed by atoms with Gasteiger partial charge >= 0.3 is 0 Å². The summed E-state index contributed by atoms with van der Waals surface area (Å²) in [6.45, 7) is 7.36. The van der Waals surface area contributed by atoms with Crippen molar-refractivity contribution in [3.05, 3.63) is 113 Å². The van der Waals surface area contributed by atoms with E-state index in [4.69, 9.17) is 0 Å². The van der Waals surface area contributed by atoms with Gasteiger partial charge in [0.25, 0.3) is 26.0 Å². The normalized spacial score (nSPS) is 11.6. The highest BCUT2D eigenvalue weighted by molar-refractivity contribution is 7.93. The van der Waals surface area contributed by atoms with E-state index in [0.29, 0.717) is 16.9 Å². The molecule has 0 spiro atoms. The molecular formula is C29H29N3O5S2. The molecule has 10 heteroatoms. The van der Waals surface area contributed by atoms with Gasteiger partial charge in [0.1, 0.15) is 0 Å². The molecule has 4 rings (SSSR count). The lowest BCUT2D eigenvalue weighted by Crippen LogP contribution is -2.16. The van der Waals surface area contributed by atoms with Crippen LogP contribution in [0.25, 0.3) is 0 Å². The molecule has 4 aromatic rings. The van der Waals surface area contributed by atoms with E-state index >= 15 is 0 Å². The molecule has 0 aliphatic rings. The number of rotatable bonds is 8. The molecule has 0 saturated carbocycles. The van der Waals surface area contributed by atoms with Gasteiger partial charge in [-0.2, -0.15) is 0 Å². The van der Waals surface area contributed by atoms with Crippen LogP contribution in [0.1, 0.15) is 32.6 Å². The summed E-state index contributed by atoms with van der Waals surface area (Å²) in [5.41, 5.74) is 4.80. The number of amides is 1. The summed E-state index contributed by atoms with van der Waals surface area (Å²) in [6, 6.07) is 22.4. The minimum Gasteiger partial charge on any atom is -0.322 e. The molecule has 1 amide bonds. The predicted octanol–water partition coefficient (Wildman–Crippen LogP) is 5.77. The molecule has 0 aliphatic heterocycles. The van der Waals surface area contributed by atoms with Crippen molar-refractivity contribution < 1.29 is 21.6 Å². The second kappa shape index (κ2) is 10.9. The second-order valence-corrected chi connectivity index (χ2v) is 12.7. The van der Waals surface area contributed by atoms with Crippen LogP contribution in [-0.4, -0.2) is 22.7 Å². The van der Waals surface area contributed by atoms with Gasteiger partial charge in [-0.05, 0) is 93.4 Å². The zero-order valence-electron chi connectivity index (χ0n) is 21.9. The molecule has 0 fully saturated rings. The van der Waals surface area contributed by atoms with Gasteiger partial charge in [0.05, 0.1) is 21.2 Å². The van der Waals surface area contributed by atoms with Gasteiger partial charge in [-0.1, -0.05) is 41.5 Å². The predicted molar refractivity (Wildman–Crippen MR) is 154 cm³/mol. The number of nitrogens with one attached hydrogen (secondary N) is 3. The van der Waals surface area contributed by atoms with Gasteiger partial charge in [-0.25, -0.2) is 16.8 Å². The first-order valence-electron chi connectivity index (χ1n) is 12.1. The maximum atomic E-state index is 12.9. The molecule has 39 heavy (non-hydrogen) atoms. The summed E-state index contributed by atoms with van der Waals surface area (Å²) in [5, 5.41) is 2.72. The van der Waals surface area contributed by atoms with E-state index in [-0.39, 0.29) is 21.0 Å². The van der Waals surface area contributed by atoms with Crippen LogP contribution in [0.4, 0.5) is 17.1 Å². The summed E-state index contributed by atoms with van der Waals surface area (Å²) >= 11 is 0. The fourth-order valence-electron chi connectivity index (χ4n) is 3.85. The second-order valence-electron chi connectivity index (χ2n) is 9.35. The monoisotopic (exact) mass is 563 g/mol. The Labute approximate surface area is 229 Å². The van der Waals surface area contributed by atoms with Crippen molar-refractivity contribution in [2.45, 2.75) is 37.5 Å². The van der Waals surface area contributed by atoms with Crippen molar-refractivity contribution in [1.82, 2.24) is 0 Å². The first-order valence-corrected chi connectivity index (χ1v) is 15.0. The Hall–Kier alpha value is -4.15. The summed E-state index contributed by atoms with van der Waals surface area (Å²) < 4.78 is 56.5. The molecule has 0 unspecified atom stereocenters. The maximum absolute atomic E-state index is 12.9. The van der Waals surface area contributed by atoms with Gasteiger partial charge in [0.15, 0.2) is 0 Å². The molecule has 0 heterocycles. The number of hydrogen-bond acceptors (Lipinski definition) is 5. The van der Waals surface area contributed by atoms with Crippen molar-refractivity contribution in [2.75, 3.05) is 14.8 Å². The molecule has 0 radical (unpaired) electrons. The summed E-state index contributed by atoms with van der Waals surface area (Å²) in [4.78, 5) is 13.1. The Bertz CT molecular complexity index is 1750. The van der Waals surface area contributed by atoms with Crippen molar-refractivity contribution in [3.8, 4) is 0 Å². The average Bonchev–Trinajstić information content (AvgIpc) is 2.87. The van der Waals surface area contributed by atoms with Gasteiger partial charge < -0.3 is 5.32 Å². The Morgan fingerprint density at radius 3 is 1.69 bits per heavy atom. The Kier molecular flexibility index (Phi) is 7.80. The fourth-order valence-corrected chi connectivity index (χ4v) is 6.10. The third kappa shape index (κ3) is 6.65. The average molecular weight is 564 g/mol. The van der Waals surface area contributed by atoms with Crippen LogP contribution in [0, 0.1) is 27.7 Å². The van der Waals surface area contributed by atoms with Crippen molar-refractivity contribution in [3.63, 3.8) is 0 Å². The first kappa shape index (κ1) is 27.9. The number of sulfonamides is 2. The van der Waals surface area contributed by atoms with Crippen LogP contribution in [0.5, 0.6) is 0 Å². The molecule has 3 N–H and O–H groups in total. The number of benzene rings is 4. The van der Waals surface area contributed by atoms with E-state index in [1.54, 1.807) is 37.3 Å². The SMILES string of the molecule is Cc1ccc(S(=O)(=O)Nc2cc(C(=O)Nc3ccc(S(=O)(=O)Nc4ccc(C)cc4C)cc3)ccc2C)cc1. The lowest BCUT2D eigenvalue weighted by atomic mass is 10.1. The smallest absolute Gasteiger partial charge is 0.261 e. The zero-order valence-corrected chi connectivity index (χ0v) is 23.6. The molecule has 0 aliphatic carbocycles. The lowest BCUT2D eigenvalue weighted by Gasteiger charge is -2.13. The molecule has 0 atom stereocenters.